The monoisotopic (exact) mass is 359 g/mol. The Bertz CT molecular complexity index is 905. The normalized spacial score (nSPS) is 17.0. The first kappa shape index (κ1) is 16.6. The second-order valence-electron chi connectivity index (χ2n) is 6.19. The Morgan fingerprint density at radius 3 is 2.81 bits per heavy atom. The van der Waals surface area contributed by atoms with Crippen molar-refractivity contribution in [2.75, 3.05) is 5.32 Å². The lowest BCUT2D eigenvalue weighted by atomic mass is 10.0. The first-order chi connectivity index (χ1) is 12.5. The summed E-state index contributed by atoms with van der Waals surface area (Å²) < 4.78 is 40.6. The zero-order valence-corrected chi connectivity index (χ0v) is 13.7. The molecule has 1 N–H and O–H groups in total. The molecule has 0 saturated heterocycles. The van der Waals surface area contributed by atoms with E-state index in [4.69, 9.17) is 0 Å². The van der Waals surface area contributed by atoms with Gasteiger partial charge in [-0.25, -0.2) is 0 Å². The van der Waals surface area contributed by atoms with E-state index in [9.17, 15) is 13.2 Å². The summed E-state index contributed by atoms with van der Waals surface area (Å²) in [5.41, 5.74) is 1.88. The molecule has 1 atom stereocenters. The predicted octanol–water partition coefficient (Wildman–Crippen LogP) is 4.31. The van der Waals surface area contributed by atoms with Gasteiger partial charge in [-0.05, 0) is 43.2 Å². The average Bonchev–Trinajstić information content (AvgIpc) is 3.07. The Kier molecular flexibility index (Phi) is 4.10. The third-order valence-corrected chi connectivity index (χ3v) is 4.38. The predicted molar refractivity (Wildman–Crippen MR) is 90.3 cm³/mol. The van der Waals surface area contributed by atoms with Gasteiger partial charge in [-0.15, -0.1) is 0 Å². The molecule has 0 spiro atoms. The van der Waals surface area contributed by atoms with Crippen LogP contribution in [0.3, 0.4) is 0 Å². The van der Waals surface area contributed by atoms with E-state index in [0.717, 1.165) is 36.8 Å². The Morgan fingerprint density at radius 1 is 1.15 bits per heavy atom. The largest absolute Gasteiger partial charge is 0.433 e. The van der Waals surface area contributed by atoms with Crippen LogP contribution in [0.2, 0.25) is 0 Å². The van der Waals surface area contributed by atoms with Gasteiger partial charge in [0.2, 0.25) is 0 Å². The van der Waals surface area contributed by atoms with Gasteiger partial charge in [0.25, 0.3) is 0 Å². The number of anilines is 1. The van der Waals surface area contributed by atoms with Crippen LogP contribution in [0.5, 0.6) is 0 Å². The van der Waals surface area contributed by atoms with Gasteiger partial charge in [-0.3, -0.25) is 14.6 Å². The maximum atomic E-state index is 12.9. The average molecular weight is 359 g/mol. The molecule has 0 aromatic carbocycles. The molecule has 5 nitrogen and oxygen atoms in total. The number of halogens is 3. The lowest BCUT2D eigenvalue weighted by Gasteiger charge is -2.25. The molecule has 26 heavy (non-hydrogen) atoms. The summed E-state index contributed by atoms with van der Waals surface area (Å²) in [6, 6.07) is 8.26. The third-order valence-electron chi connectivity index (χ3n) is 4.38. The van der Waals surface area contributed by atoms with E-state index in [1.54, 1.807) is 18.5 Å². The molecule has 0 bridgehead atoms. The number of nitrogens with zero attached hydrogens (tertiary/aromatic N) is 4. The van der Waals surface area contributed by atoms with Crippen molar-refractivity contribution in [1.29, 1.82) is 0 Å². The van der Waals surface area contributed by atoms with E-state index < -0.39 is 11.9 Å². The number of alkyl halides is 3. The van der Waals surface area contributed by atoms with E-state index in [1.165, 1.54) is 6.20 Å². The van der Waals surface area contributed by atoms with Crippen molar-refractivity contribution in [1.82, 2.24) is 19.7 Å². The standard InChI is InChI=1S/C18H16F3N5/c19-18(20,21)17-9-12(5-7-23-17)15-10-16-14(4-2-8-26(16)25-15)24-13-3-1-6-22-11-13/h1,3,5-7,9-11,14,24H,2,4,8H2. The highest BCUT2D eigenvalue weighted by atomic mass is 19.4. The third kappa shape index (κ3) is 3.26. The van der Waals surface area contributed by atoms with Crippen LogP contribution in [-0.2, 0) is 12.7 Å². The summed E-state index contributed by atoms with van der Waals surface area (Å²) in [5, 5.41) is 7.92. The molecule has 0 amide bonds. The van der Waals surface area contributed by atoms with E-state index in [-0.39, 0.29) is 6.04 Å². The lowest BCUT2D eigenvalue weighted by molar-refractivity contribution is -0.141. The summed E-state index contributed by atoms with van der Waals surface area (Å²) in [6.07, 6.45) is 2.01. The number of aryl methyl sites for hydroxylation is 1. The van der Waals surface area contributed by atoms with Gasteiger partial charge in [-0.2, -0.15) is 18.3 Å². The molecule has 1 aliphatic rings. The van der Waals surface area contributed by atoms with Crippen LogP contribution in [0.4, 0.5) is 18.9 Å². The van der Waals surface area contributed by atoms with Crippen LogP contribution in [0.25, 0.3) is 11.3 Å². The molecule has 1 aliphatic heterocycles. The second-order valence-corrected chi connectivity index (χ2v) is 6.19. The summed E-state index contributed by atoms with van der Waals surface area (Å²) in [7, 11) is 0. The molecular weight excluding hydrogens is 343 g/mol. The van der Waals surface area contributed by atoms with Crippen LogP contribution in [0, 0.1) is 0 Å². The van der Waals surface area contributed by atoms with Crippen molar-refractivity contribution in [3.05, 3.63) is 60.3 Å². The fourth-order valence-corrected chi connectivity index (χ4v) is 3.17. The molecule has 134 valence electrons. The van der Waals surface area contributed by atoms with Crippen molar-refractivity contribution < 1.29 is 13.2 Å². The Morgan fingerprint density at radius 2 is 2.04 bits per heavy atom. The molecule has 0 radical (unpaired) electrons. The molecule has 0 aliphatic carbocycles. The minimum atomic E-state index is -4.47. The topological polar surface area (TPSA) is 55.6 Å². The van der Waals surface area contributed by atoms with Gasteiger partial charge in [-0.1, -0.05) is 0 Å². The van der Waals surface area contributed by atoms with E-state index >= 15 is 0 Å². The lowest BCUT2D eigenvalue weighted by Crippen LogP contribution is -2.21. The maximum absolute atomic E-state index is 12.9. The van der Waals surface area contributed by atoms with Gasteiger partial charge in [0, 0.05) is 30.7 Å². The number of hydrogen-bond donors (Lipinski definition) is 1. The molecule has 4 heterocycles. The van der Waals surface area contributed by atoms with Crippen molar-refractivity contribution in [3.8, 4) is 11.3 Å². The van der Waals surface area contributed by atoms with Crippen molar-refractivity contribution in [2.24, 2.45) is 0 Å². The summed E-state index contributed by atoms with van der Waals surface area (Å²) in [4.78, 5) is 7.50. The van der Waals surface area contributed by atoms with Crippen molar-refractivity contribution >= 4 is 5.69 Å². The molecule has 4 rings (SSSR count). The van der Waals surface area contributed by atoms with Gasteiger partial charge in [0.15, 0.2) is 0 Å². The SMILES string of the molecule is FC(F)(F)c1cc(-c2cc3n(n2)CCCC3Nc2cccnc2)ccn1. The Hall–Kier alpha value is -2.90. The van der Waals surface area contributed by atoms with Crippen LogP contribution in [0.15, 0.2) is 48.9 Å². The first-order valence-corrected chi connectivity index (χ1v) is 8.28. The smallest absolute Gasteiger partial charge is 0.375 e. The number of nitrogens with one attached hydrogen (secondary N) is 1. The number of rotatable bonds is 3. The fraction of sp³-hybridized carbons (Fsp3) is 0.278. The zero-order valence-electron chi connectivity index (χ0n) is 13.7. The Labute approximate surface area is 147 Å². The quantitative estimate of drug-likeness (QED) is 0.757. The van der Waals surface area contributed by atoms with Gasteiger partial charge in [0.1, 0.15) is 5.69 Å². The van der Waals surface area contributed by atoms with Crippen LogP contribution in [0.1, 0.15) is 30.3 Å². The number of hydrogen-bond acceptors (Lipinski definition) is 4. The molecule has 8 heteroatoms. The van der Waals surface area contributed by atoms with Gasteiger partial charge >= 0.3 is 6.18 Å². The van der Waals surface area contributed by atoms with Crippen LogP contribution >= 0.6 is 0 Å². The zero-order chi connectivity index (χ0) is 18.1. The van der Waals surface area contributed by atoms with Crippen molar-refractivity contribution in [2.45, 2.75) is 31.6 Å². The molecule has 3 aromatic heterocycles. The first-order valence-electron chi connectivity index (χ1n) is 8.28. The molecule has 1 unspecified atom stereocenters. The minimum Gasteiger partial charge on any atom is -0.375 e. The number of aromatic nitrogens is 4. The molecule has 3 aromatic rings. The summed E-state index contributed by atoms with van der Waals surface area (Å²) in [5.74, 6) is 0. The summed E-state index contributed by atoms with van der Waals surface area (Å²) >= 11 is 0. The van der Waals surface area contributed by atoms with Crippen molar-refractivity contribution in [3.63, 3.8) is 0 Å². The molecule has 0 saturated carbocycles. The summed E-state index contributed by atoms with van der Waals surface area (Å²) in [6.45, 7) is 0.748. The van der Waals surface area contributed by atoms with Crippen LogP contribution < -0.4 is 5.32 Å². The minimum absolute atomic E-state index is 0.0399. The molecule has 0 fully saturated rings. The second kappa shape index (κ2) is 6.44. The van der Waals surface area contributed by atoms with E-state index in [0.29, 0.717) is 11.3 Å². The Balaban J connectivity index is 1.65. The number of fused-ring (bicyclic) bond motifs is 1. The van der Waals surface area contributed by atoms with E-state index in [2.05, 4.69) is 20.4 Å². The highest BCUT2D eigenvalue weighted by Gasteiger charge is 2.33. The highest BCUT2D eigenvalue weighted by molar-refractivity contribution is 5.60. The van der Waals surface area contributed by atoms with Gasteiger partial charge < -0.3 is 5.32 Å². The fourth-order valence-electron chi connectivity index (χ4n) is 3.17. The van der Waals surface area contributed by atoms with Gasteiger partial charge in [0.05, 0.1) is 23.1 Å². The van der Waals surface area contributed by atoms with E-state index in [1.807, 2.05) is 22.9 Å². The van der Waals surface area contributed by atoms with Crippen LogP contribution in [-0.4, -0.2) is 19.7 Å². The molecular formula is C18H16F3N5. The highest BCUT2D eigenvalue weighted by Crippen LogP contribution is 2.33. The maximum Gasteiger partial charge on any atom is 0.433 e. The number of pyridine rings is 2.